The molecule has 0 rings (SSSR count). The molecule has 2 nitrogen and oxygen atoms in total. The number of aliphatic hydroxyl groups excluding tert-OH is 1. The lowest BCUT2D eigenvalue weighted by molar-refractivity contribution is -0.114. The lowest BCUT2D eigenvalue weighted by Gasteiger charge is -1.99. The Kier molecular flexibility index (Phi) is 3.39. The highest BCUT2D eigenvalue weighted by molar-refractivity contribution is 7.81. The van der Waals surface area contributed by atoms with Gasteiger partial charge in [-0.05, 0) is 13.8 Å². The predicted molar refractivity (Wildman–Crippen MR) is 39.8 cm³/mol. The Morgan fingerprint density at radius 2 is 2.22 bits per heavy atom. The molecule has 0 saturated heterocycles. The summed E-state index contributed by atoms with van der Waals surface area (Å²) in [5.74, 6) is -0.138. The van der Waals surface area contributed by atoms with Crippen molar-refractivity contribution in [3.8, 4) is 0 Å². The van der Waals surface area contributed by atoms with Crippen molar-refractivity contribution in [2.24, 2.45) is 0 Å². The molecule has 0 aromatic heterocycles. The minimum Gasteiger partial charge on any atom is -0.515 e. The number of Topliss-reactive ketones (excluding diaryl/α,β-unsaturated/α-hetero) is 1. The standard InChI is InChI=1S/C6H10O2S/c1-4(3-7)6(8)5(2)9/h3,5,7,9H,1-2H3/b4-3+. The molecule has 1 unspecified atom stereocenters. The maximum atomic E-state index is 10.8. The molecule has 1 N–H and O–H groups in total. The SMILES string of the molecule is C/C(=C\O)C(=O)C(C)S. The number of allylic oxidation sites excluding steroid dienone is 1. The Morgan fingerprint density at radius 3 is 2.33 bits per heavy atom. The van der Waals surface area contributed by atoms with Gasteiger partial charge in [-0.1, -0.05) is 0 Å². The summed E-state index contributed by atoms with van der Waals surface area (Å²) >= 11 is 3.88. The number of aliphatic hydroxyl groups is 1. The molecule has 9 heavy (non-hydrogen) atoms. The van der Waals surface area contributed by atoms with Crippen LogP contribution in [0, 0.1) is 0 Å². The Labute approximate surface area is 60.0 Å². The first-order chi connectivity index (χ1) is 4.09. The summed E-state index contributed by atoms with van der Waals surface area (Å²) in [6.45, 7) is 3.22. The zero-order valence-corrected chi connectivity index (χ0v) is 6.35. The van der Waals surface area contributed by atoms with E-state index in [0.29, 0.717) is 5.57 Å². The molecule has 0 spiro atoms. The third kappa shape index (κ3) is 2.56. The Morgan fingerprint density at radius 1 is 1.78 bits per heavy atom. The maximum Gasteiger partial charge on any atom is 0.174 e. The second-order valence-corrected chi connectivity index (χ2v) is 2.63. The summed E-state index contributed by atoms with van der Waals surface area (Å²) in [5, 5.41) is 8.01. The zero-order valence-electron chi connectivity index (χ0n) is 5.46. The second-order valence-electron chi connectivity index (χ2n) is 1.85. The summed E-state index contributed by atoms with van der Waals surface area (Å²) in [7, 11) is 0. The number of carbonyl (C=O) groups is 1. The summed E-state index contributed by atoms with van der Waals surface area (Å²) in [6.07, 6.45) is 0.801. The molecule has 52 valence electrons. The molecule has 0 bridgehead atoms. The third-order valence-electron chi connectivity index (χ3n) is 0.962. The van der Waals surface area contributed by atoms with Crippen molar-refractivity contribution in [1.82, 2.24) is 0 Å². The lowest BCUT2D eigenvalue weighted by atomic mass is 10.2. The van der Waals surface area contributed by atoms with Crippen LogP contribution < -0.4 is 0 Å². The van der Waals surface area contributed by atoms with Crippen LogP contribution >= 0.6 is 12.6 Å². The molecule has 0 aromatic rings. The van der Waals surface area contributed by atoms with Crippen LogP contribution in [0.4, 0.5) is 0 Å². The highest BCUT2D eigenvalue weighted by atomic mass is 32.1. The summed E-state index contributed by atoms with van der Waals surface area (Å²) in [6, 6.07) is 0. The van der Waals surface area contributed by atoms with Crippen LogP contribution in [-0.4, -0.2) is 16.1 Å². The van der Waals surface area contributed by atoms with Gasteiger partial charge in [0.25, 0.3) is 0 Å². The van der Waals surface area contributed by atoms with Crippen LogP contribution in [0.3, 0.4) is 0 Å². The molecule has 0 aliphatic heterocycles. The van der Waals surface area contributed by atoms with E-state index in [9.17, 15) is 4.79 Å². The van der Waals surface area contributed by atoms with E-state index in [0.717, 1.165) is 6.26 Å². The minimum absolute atomic E-state index is 0.138. The van der Waals surface area contributed by atoms with Gasteiger partial charge >= 0.3 is 0 Å². The molecule has 0 amide bonds. The van der Waals surface area contributed by atoms with Gasteiger partial charge in [0.05, 0.1) is 11.5 Å². The summed E-state index contributed by atoms with van der Waals surface area (Å²) < 4.78 is 0. The molecule has 0 aromatic carbocycles. The normalized spacial score (nSPS) is 15.2. The molecule has 0 aliphatic carbocycles. The van der Waals surface area contributed by atoms with Crippen molar-refractivity contribution in [2.75, 3.05) is 0 Å². The predicted octanol–water partition coefficient (Wildman–Crippen LogP) is 1.34. The van der Waals surface area contributed by atoms with E-state index in [-0.39, 0.29) is 11.0 Å². The molecule has 0 aliphatic rings. The third-order valence-corrected chi connectivity index (χ3v) is 1.20. The van der Waals surface area contributed by atoms with Crippen LogP contribution in [0.2, 0.25) is 0 Å². The van der Waals surface area contributed by atoms with Gasteiger partial charge in [-0.2, -0.15) is 12.6 Å². The topological polar surface area (TPSA) is 37.3 Å². The van der Waals surface area contributed by atoms with Gasteiger partial charge in [-0.25, -0.2) is 0 Å². The summed E-state index contributed by atoms with van der Waals surface area (Å²) in [5.41, 5.74) is 0.345. The fourth-order valence-corrected chi connectivity index (χ4v) is 0.597. The van der Waals surface area contributed by atoms with E-state index >= 15 is 0 Å². The Bertz CT molecular complexity index is 138. The molecular formula is C6H10O2S. The largest absolute Gasteiger partial charge is 0.515 e. The molecule has 1 atom stereocenters. The molecular weight excluding hydrogens is 136 g/mol. The van der Waals surface area contributed by atoms with Gasteiger partial charge in [0.15, 0.2) is 5.78 Å². The summed E-state index contributed by atoms with van der Waals surface area (Å²) in [4.78, 5) is 10.8. The number of thiol groups is 1. The molecule has 3 heteroatoms. The fourth-order valence-electron chi connectivity index (χ4n) is 0.393. The second kappa shape index (κ2) is 3.56. The monoisotopic (exact) mass is 146 g/mol. The maximum absolute atomic E-state index is 10.8. The molecule has 0 heterocycles. The van der Waals surface area contributed by atoms with Crippen LogP contribution in [0.15, 0.2) is 11.8 Å². The average Bonchev–Trinajstić information content (AvgIpc) is 1.84. The highest BCUT2D eigenvalue weighted by Crippen LogP contribution is 2.02. The van der Waals surface area contributed by atoms with Crippen molar-refractivity contribution in [3.63, 3.8) is 0 Å². The molecule has 0 radical (unpaired) electrons. The molecule has 0 saturated carbocycles. The van der Waals surface area contributed by atoms with E-state index in [2.05, 4.69) is 12.6 Å². The van der Waals surface area contributed by atoms with Gasteiger partial charge in [0, 0.05) is 5.57 Å². The molecule has 0 fully saturated rings. The average molecular weight is 146 g/mol. The first-order valence-electron chi connectivity index (χ1n) is 2.63. The van der Waals surface area contributed by atoms with E-state index < -0.39 is 0 Å². The quantitative estimate of drug-likeness (QED) is 0.350. The van der Waals surface area contributed by atoms with Gasteiger partial charge in [-0.3, -0.25) is 4.79 Å². The first-order valence-corrected chi connectivity index (χ1v) is 3.14. The van der Waals surface area contributed by atoms with E-state index in [4.69, 9.17) is 5.11 Å². The van der Waals surface area contributed by atoms with Crippen LogP contribution in [0.1, 0.15) is 13.8 Å². The Balaban J connectivity index is 4.06. The van der Waals surface area contributed by atoms with Gasteiger partial charge in [0.1, 0.15) is 0 Å². The number of hydrogen-bond acceptors (Lipinski definition) is 3. The van der Waals surface area contributed by atoms with E-state index in [1.165, 1.54) is 0 Å². The van der Waals surface area contributed by atoms with E-state index in [1.807, 2.05) is 0 Å². The van der Waals surface area contributed by atoms with Crippen molar-refractivity contribution < 1.29 is 9.90 Å². The van der Waals surface area contributed by atoms with Crippen LogP contribution in [0.5, 0.6) is 0 Å². The zero-order chi connectivity index (χ0) is 7.44. The van der Waals surface area contributed by atoms with Crippen LogP contribution in [-0.2, 0) is 4.79 Å². The highest BCUT2D eigenvalue weighted by Gasteiger charge is 2.08. The van der Waals surface area contributed by atoms with Crippen LogP contribution in [0.25, 0.3) is 0 Å². The van der Waals surface area contributed by atoms with E-state index in [1.54, 1.807) is 13.8 Å². The van der Waals surface area contributed by atoms with Gasteiger partial charge in [0.2, 0.25) is 0 Å². The van der Waals surface area contributed by atoms with Crippen molar-refractivity contribution in [1.29, 1.82) is 0 Å². The Hall–Kier alpha value is -0.440. The van der Waals surface area contributed by atoms with Crippen molar-refractivity contribution >= 4 is 18.4 Å². The first kappa shape index (κ1) is 8.56. The number of hydrogen-bond donors (Lipinski definition) is 2. The fraction of sp³-hybridized carbons (Fsp3) is 0.500. The minimum atomic E-state index is -0.326. The number of carbonyl (C=O) groups excluding carboxylic acids is 1. The van der Waals surface area contributed by atoms with Crippen molar-refractivity contribution in [2.45, 2.75) is 19.1 Å². The number of ketones is 1. The smallest absolute Gasteiger partial charge is 0.174 e. The van der Waals surface area contributed by atoms with Gasteiger partial charge < -0.3 is 5.11 Å². The number of rotatable bonds is 2. The van der Waals surface area contributed by atoms with Crippen molar-refractivity contribution in [3.05, 3.63) is 11.8 Å². The van der Waals surface area contributed by atoms with Gasteiger partial charge in [-0.15, -0.1) is 0 Å². The lowest BCUT2D eigenvalue weighted by Crippen LogP contribution is -2.10.